The maximum Gasteiger partial charge on any atom is 0.315 e. The monoisotopic (exact) mass is 281 g/mol. The number of rotatable bonds is 6. The molecule has 1 heterocycles. The van der Waals surface area contributed by atoms with Gasteiger partial charge in [-0.2, -0.15) is 0 Å². The molecule has 1 aliphatic heterocycles. The molecule has 2 aliphatic rings. The zero-order valence-corrected chi connectivity index (χ0v) is 12.4. The van der Waals surface area contributed by atoms with Crippen molar-refractivity contribution >= 4 is 6.03 Å². The van der Waals surface area contributed by atoms with Crippen LogP contribution >= 0.6 is 0 Å². The molecule has 0 saturated carbocycles. The molecule has 1 aliphatic carbocycles. The maximum atomic E-state index is 11.9. The van der Waals surface area contributed by atoms with Crippen LogP contribution in [0.4, 0.5) is 4.79 Å². The van der Waals surface area contributed by atoms with Crippen LogP contribution in [0.25, 0.3) is 0 Å². The van der Waals surface area contributed by atoms with Crippen molar-refractivity contribution in [3.8, 4) is 0 Å². The van der Waals surface area contributed by atoms with Gasteiger partial charge in [0.2, 0.25) is 0 Å². The lowest BCUT2D eigenvalue weighted by atomic mass is 10.0. The molecule has 2 N–H and O–H groups in total. The minimum absolute atomic E-state index is 0.0415. The molecule has 2 atom stereocenters. The van der Waals surface area contributed by atoms with E-state index in [4.69, 9.17) is 4.74 Å². The largest absolute Gasteiger partial charge is 0.383 e. The first-order valence-corrected chi connectivity index (χ1v) is 7.73. The predicted molar refractivity (Wildman–Crippen MR) is 79.8 cm³/mol. The number of amides is 2. The highest BCUT2D eigenvalue weighted by Crippen LogP contribution is 2.16. The number of likely N-dealkylation sites (tertiary alicyclic amines) is 1. The number of methoxy groups -OCH3 is 1. The molecule has 2 amide bonds. The number of allylic oxidation sites excluding steroid dienone is 1. The van der Waals surface area contributed by atoms with Crippen LogP contribution in [0.5, 0.6) is 0 Å². The molecule has 1 fully saturated rings. The second-order valence-corrected chi connectivity index (χ2v) is 5.64. The van der Waals surface area contributed by atoms with Crippen molar-refractivity contribution in [1.82, 2.24) is 15.5 Å². The fourth-order valence-corrected chi connectivity index (χ4v) is 2.99. The molecule has 5 nitrogen and oxygen atoms in total. The molecule has 0 spiro atoms. The third-order valence-corrected chi connectivity index (χ3v) is 4.15. The van der Waals surface area contributed by atoms with Crippen LogP contribution in [0.2, 0.25) is 0 Å². The van der Waals surface area contributed by atoms with Crippen molar-refractivity contribution in [1.29, 1.82) is 0 Å². The summed E-state index contributed by atoms with van der Waals surface area (Å²) in [5.41, 5.74) is 0. The van der Waals surface area contributed by atoms with Crippen molar-refractivity contribution in [2.45, 2.75) is 44.2 Å². The standard InChI is InChI=1S/C15H27N3O2/c1-20-11-10-18-9-5-8-14(18)12-16-15(19)17-13-6-3-2-4-7-13/h3,6,13-14H,2,4-5,7-12H2,1H3,(H2,16,17,19). The third kappa shape index (κ3) is 4.80. The summed E-state index contributed by atoms with van der Waals surface area (Å²) in [6, 6.07) is 0.620. The van der Waals surface area contributed by atoms with Crippen molar-refractivity contribution in [2.24, 2.45) is 0 Å². The van der Waals surface area contributed by atoms with E-state index in [1.165, 1.54) is 6.42 Å². The Bertz CT molecular complexity index is 333. The highest BCUT2D eigenvalue weighted by molar-refractivity contribution is 5.74. The highest BCUT2D eigenvalue weighted by Gasteiger charge is 2.24. The van der Waals surface area contributed by atoms with E-state index in [1.54, 1.807) is 7.11 Å². The number of carbonyl (C=O) groups is 1. The van der Waals surface area contributed by atoms with Crippen LogP contribution in [0, 0.1) is 0 Å². The van der Waals surface area contributed by atoms with Crippen LogP contribution in [-0.2, 0) is 4.74 Å². The van der Waals surface area contributed by atoms with Gasteiger partial charge >= 0.3 is 6.03 Å². The van der Waals surface area contributed by atoms with Crippen molar-refractivity contribution in [2.75, 3.05) is 33.4 Å². The summed E-state index contributed by atoms with van der Waals surface area (Å²) >= 11 is 0. The second kappa shape index (κ2) is 8.27. The average molecular weight is 281 g/mol. The summed E-state index contributed by atoms with van der Waals surface area (Å²) in [5, 5.41) is 6.03. The second-order valence-electron chi connectivity index (χ2n) is 5.64. The lowest BCUT2D eigenvalue weighted by molar-refractivity contribution is 0.140. The number of carbonyl (C=O) groups excluding carboxylic acids is 1. The molecule has 1 saturated heterocycles. The molecule has 5 heteroatoms. The first-order valence-electron chi connectivity index (χ1n) is 7.73. The van der Waals surface area contributed by atoms with Gasteiger partial charge in [0.15, 0.2) is 0 Å². The minimum atomic E-state index is -0.0415. The summed E-state index contributed by atoms with van der Waals surface area (Å²) in [7, 11) is 1.73. The molecule has 0 aromatic carbocycles. The zero-order chi connectivity index (χ0) is 14.2. The quantitative estimate of drug-likeness (QED) is 0.726. The van der Waals surface area contributed by atoms with Gasteiger partial charge in [0.1, 0.15) is 0 Å². The molecule has 2 unspecified atom stereocenters. The molecular weight excluding hydrogens is 254 g/mol. The highest BCUT2D eigenvalue weighted by atomic mass is 16.5. The number of urea groups is 1. The zero-order valence-electron chi connectivity index (χ0n) is 12.4. The first kappa shape index (κ1) is 15.3. The molecule has 20 heavy (non-hydrogen) atoms. The van der Waals surface area contributed by atoms with Gasteiger partial charge in [-0.1, -0.05) is 12.2 Å². The first-order chi connectivity index (χ1) is 9.79. The van der Waals surface area contributed by atoms with E-state index in [9.17, 15) is 4.79 Å². The summed E-state index contributed by atoms with van der Waals surface area (Å²) in [5.74, 6) is 0. The normalized spacial score (nSPS) is 26.6. The van der Waals surface area contributed by atoms with Crippen LogP contribution in [0.1, 0.15) is 32.1 Å². The van der Waals surface area contributed by atoms with Gasteiger partial charge in [0.25, 0.3) is 0 Å². The lowest BCUT2D eigenvalue weighted by Crippen LogP contribution is -2.47. The summed E-state index contributed by atoms with van der Waals surface area (Å²) < 4.78 is 5.13. The smallest absolute Gasteiger partial charge is 0.315 e. The lowest BCUT2D eigenvalue weighted by Gasteiger charge is -2.25. The molecule has 0 bridgehead atoms. The molecule has 0 aromatic heterocycles. The van der Waals surface area contributed by atoms with E-state index >= 15 is 0 Å². The van der Waals surface area contributed by atoms with Crippen LogP contribution in [-0.4, -0.2) is 56.4 Å². The van der Waals surface area contributed by atoms with Gasteiger partial charge in [0, 0.05) is 32.3 Å². The Labute approximate surface area is 121 Å². The Balaban J connectivity index is 1.66. The Morgan fingerprint density at radius 3 is 3.05 bits per heavy atom. The van der Waals surface area contributed by atoms with Gasteiger partial charge in [0.05, 0.1) is 6.61 Å². The maximum absolute atomic E-state index is 11.9. The molecule has 0 aromatic rings. The van der Waals surface area contributed by atoms with Crippen LogP contribution in [0.15, 0.2) is 12.2 Å². The Morgan fingerprint density at radius 1 is 1.40 bits per heavy atom. The van der Waals surface area contributed by atoms with Crippen molar-refractivity contribution in [3.63, 3.8) is 0 Å². The SMILES string of the molecule is COCCN1CCCC1CNC(=O)NC1C=CCCC1. The number of nitrogens with zero attached hydrogens (tertiary/aromatic N) is 1. The van der Waals surface area contributed by atoms with E-state index in [1.807, 2.05) is 0 Å². The van der Waals surface area contributed by atoms with Crippen LogP contribution in [0.3, 0.4) is 0 Å². The Morgan fingerprint density at radius 2 is 2.30 bits per heavy atom. The Kier molecular flexibility index (Phi) is 6.33. The van der Waals surface area contributed by atoms with Gasteiger partial charge in [-0.3, -0.25) is 4.90 Å². The van der Waals surface area contributed by atoms with E-state index in [0.29, 0.717) is 6.04 Å². The van der Waals surface area contributed by atoms with E-state index in [0.717, 1.165) is 51.9 Å². The topological polar surface area (TPSA) is 53.6 Å². The third-order valence-electron chi connectivity index (χ3n) is 4.15. The van der Waals surface area contributed by atoms with E-state index in [2.05, 4.69) is 27.7 Å². The van der Waals surface area contributed by atoms with Crippen molar-refractivity contribution < 1.29 is 9.53 Å². The summed E-state index contributed by atoms with van der Waals surface area (Å²) in [4.78, 5) is 14.3. The van der Waals surface area contributed by atoms with E-state index < -0.39 is 0 Å². The van der Waals surface area contributed by atoms with Gasteiger partial charge in [-0.25, -0.2) is 4.79 Å². The van der Waals surface area contributed by atoms with Crippen LogP contribution < -0.4 is 10.6 Å². The molecule has 114 valence electrons. The van der Waals surface area contributed by atoms with Gasteiger partial charge < -0.3 is 15.4 Å². The summed E-state index contributed by atoms with van der Waals surface area (Å²) in [6.45, 7) is 3.56. The number of nitrogens with one attached hydrogen (secondary N) is 2. The molecular formula is C15H27N3O2. The number of hydrogen-bond acceptors (Lipinski definition) is 3. The molecule has 2 rings (SSSR count). The molecule has 0 radical (unpaired) electrons. The average Bonchev–Trinajstić information content (AvgIpc) is 2.91. The summed E-state index contributed by atoms with van der Waals surface area (Å²) in [6.07, 6.45) is 9.97. The van der Waals surface area contributed by atoms with Gasteiger partial charge in [-0.15, -0.1) is 0 Å². The fourth-order valence-electron chi connectivity index (χ4n) is 2.99. The van der Waals surface area contributed by atoms with E-state index in [-0.39, 0.29) is 12.1 Å². The number of hydrogen-bond donors (Lipinski definition) is 2. The van der Waals surface area contributed by atoms with Gasteiger partial charge in [-0.05, 0) is 38.6 Å². The minimum Gasteiger partial charge on any atom is -0.383 e. The number of ether oxygens (including phenoxy) is 1. The fraction of sp³-hybridized carbons (Fsp3) is 0.800. The predicted octanol–water partition coefficient (Wildman–Crippen LogP) is 1.51. The Hall–Kier alpha value is -1.07. The van der Waals surface area contributed by atoms with Crippen molar-refractivity contribution in [3.05, 3.63) is 12.2 Å².